The van der Waals surface area contributed by atoms with Crippen LogP contribution in [-0.4, -0.2) is 63.9 Å². The highest BCUT2D eigenvalue weighted by atomic mass is 35.5. The summed E-state index contributed by atoms with van der Waals surface area (Å²) in [4.78, 5) is 41.9. The van der Waals surface area contributed by atoms with Gasteiger partial charge < -0.3 is 19.6 Å². The molecule has 0 saturated carbocycles. The predicted molar refractivity (Wildman–Crippen MR) is 147 cm³/mol. The Bertz CT molecular complexity index is 1580. The molecule has 12 heteroatoms. The zero-order chi connectivity index (χ0) is 27.0. The van der Waals surface area contributed by atoms with Crippen LogP contribution in [0.5, 0.6) is 5.88 Å². The molecule has 5 rings (SSSR count). The number of ether oxygens (including phenoxy) is 1. The number of nitrogens with zero attached hydrogens (tertiary/aromatic N) is 6. The van der Waals surface area contributed by atoms with Gasteiger partial charge in [0.2, 0.25) is 11.3 Å². The van der Waals surface area contributed by atoms with Crippen LogP contribution >= 0.6 is 23.2 Å². The lowest BCUT2D eigenvalue weighted by molar-refractivity contribution is 0.0695. The first-order valence-electron chi connectivity index (χ1n) is 11.9. The molecule has 4 heterocycles. The van der Waals surface area contributed by atoms with E-state index in [-0.39, 0.29) is 17.0 Å². The number of carboxylic acids is 1. The van der Waals surface area contributed by atoms with Crippen LogP contribution in [0.4, 0.5) is 11.5 Å². The van der Waals surface area contributed by atoms with E-state index >= 15 is 0 Å². The van der Waals surface area contributed by atoms with Gasteiger partial charge in [0.05, 0.1) is 34.7 Å². The number of halogens is 2. The molecule has 0 amide bonds. The number of fused-ring (bicyclic) bond motifs is 1. The highest BCUT2D eigenvalue weighted by molar-refractivity contribution is 6.34. The van der Waals surface area contributed by atoms with Crippen LogP contribution in [0, 0.1) is 0 Å². The van der Waals surface area contributed by atoms with Crippen LogP contribution in [0.2, 0.25) is 10.0 Å². The first-order chi connectivity index (χ1) is 18.2. The second-order valence-corrected chi connectivity index (χ2v) is 9.90. The maximum Gasteiger partial charge on any atom is 0.341 e. The molecular weight excluding hydrogens is 531 g/mol. The Labute approximate surface area is 228 Å². The molecule has 0 unspecified atom stereocenters. The summed E-state index contributed by atoms with van der Waals surface area (Å²) in [6, 6.07) is 6.75. The number of benzene rings is 1. The molecule has 1 aliphatic rings. The third kappa shape index (κ3) is 4.84. The zero-order valence-electron chi connectivity index (χ0n) is 20.6. The van der Waals surface area contributed by atoms with Crippen LogP contribution < -0.4 is 20.0 Å². The van der Waals surface area contributed by atoms with Gasteiger partial charge in [0, 0.05) is 38.4 Å². The molecule has 0 aliphatic carbocycles. The fourth-order valence-corrected chi connectivity index (χ4v) is 4.99. The third-order valence-corrected chi connectivity index (χ3v) is 7.05. The normalized spacial score (nSPS) is 15.2. The largest absolute Gasteiger partial charge is 0.477 e. The maximum absolute atomic E-state index is 13.1. The van der Waals surface area contributed by atoms with E-state index < -0.39 is 11.4 Å². The molecule has 1 saturated heterocycles. The highest BCUT2D eigenvalue weighted by Crippen LogP contribution is 2.36. The first-order valence-corrected chi connectivity index (χ1v) is 12.6. The Hall–Kier alpha value is -3.89. The van der Waals surface area contributed by atoms with Gasteiger partial charge in [-0.2, -0.15) is 0 Å². The quantitative estimate of drug-likeness (QED) is 0.357. The molecule has 1 fully saturated rings. The summed E-state index contributed by atoms with van der Waals surface area (Å²) in [5.41, 5.74) is 0.151. The van der Waals surface area contributed by atoms with E-state index in [1.165, 1.54) is 18.5 Å². The van der Waals surface area contributed by atoms with Crippen LogP contribution in [0.3, 0.4) is 0 Å². The van der Waals surface area contributed by atoms with E-state index in [0.29, 0.717) is 45.4 Å². The standard InChI is InChI=1S/C26H24Cl2N6O4/c1-32(2)22-11-31-23(12-30-22)34-13-17(26(36)37)24(35)16-9-19(28)21(10-20(16)34)33-8-4-5-15(33)14-38-25-18(27)6-3-7-29-25/h3,6-7,9-13,15H,4-5,8,14H2,1-2H3,(H,36,37)/t15-/m1/s1. The Morgan fingerprint density at radius 2 is 2.00 bits per heavy atom. The van der Waals surface area contributed by atoms with Crippen molar-refractivity contribution in [2.24, 2.45) is 0 Å². The van der Waals surface area contributed by atoms with Crippen LogP contribution in [0.15, 0.2) is 53.8 Å². The minimum atomic E-state index is -1.34. The molecule has 38 heavy (non-hydrogen) atoms. The number of hydrogen-bond acceptors (Lipinski definition) is 8. The van der Waals surface area contributed by atoms with E-state index in [9.17, 15) is 14.7 Å². The summed E-state index contributed by atoms with van der Waals surface area (Å²) in [7, 11) is 3.68. The average molecular weight is 555 g/mol. The van der Waals surface area contributed by atoms with Gasteiger partial charge in [-0.3, -0.25) is 9.36 Å². The third-order valence-electron chi connectivity index (χ3n) is 6.46. The van der Waals surface area contributed by atoms with Crippen molar-refractivity contribution < 1.29 is 14.6 Å². The predicted octanol–water partition coefficient (Wildman–Crippen LogP) is 4.29. The molecule has 0 bridgehead atoms. The molecule has 4 aromatic rings. The van der Waals surface area contributed by atoms with Crippen molar-refractivity contribution in [3.05, 3.63) is 74.9 Å². The summed E-state index contributed by atoms with van der Waals surface area (Å²) in [5.74, 6) is 0.0192. The van der Waals surface area contributed by atoms with Gasteiger partial charge in [-0.15, -0.1) is 0 Å². The smallest absolute Gasteiger partial charge is 0.341 e. The molecule has 0 radical (unpaired) electrons. The number of carbonyl (C=O) groups is 1. The monoisotopic (exact) mass is 554 g/mol. The van der Waals surface area contributed by atoms with Gasteiger partial charge in [-0.05, 0) is 37.1 Å². The summed E-state index contributed by atoms with van der Waals surface area (Å²) < 4.78 is 7.47. The minimum absolute atomic E-state index is 0.0133. The number of hydrogen-bond donors (Lipinski definition) is 1. The molecule has 1 aromatic carbocycles. The van der Waals surface area contributed by atoms with Gasteiger partial charge in [-0.1, -0.05) is 23.2 Å². The van der Waals surface area contributed by atoms with E-state index in [0.717, 1.165) is 19.4 Å². The van der Waals surface area contributed by atoms with Crippen molar-refractivity contribution in [3.63, 3.8) is 0 Å². The summed E-state index contributed by atoms with van der Waals surface area (Å²) in [5, 5.41) is 10.6. The van der Waals surface area contributed by atoms with Crippen molar-refractivity contribution in [1.29, 1.82) is 0 Å². The number of rotatable bonds is 7. The van der Waals surface area contributed by atoms with Gasteiger partial charge in [-0.25, -0.2) is 19.7 Å². The molecule has 3 aromatic heterocycles. The maximum atomic E-state index is 13.1. The fourth-order valence-electron chi connectivity index (χ4n) is 4.54. The highest BCUT2D eigenvalue weighted by Gasteiger charge is 2.29. The van der Waals surface area contributed by atoms with Gasteiger partial charge in [0.15, 0.2) is 5.82 Å². The molecule has 1 aliphatic heterocycles. The van der Waals surface area contributed by atoms with Crippen molar-refractivity contribution in [1.82, 2.24) is 19.5 Å². The first kappa shape index (κ1) is 25.7. The average Bonchev–Trinajstić information content (AvgIpc) is 3.36. The second kappa shape index (κ2) is 10.5. The molecular formula is C26H24Cl2N6O4. The number of aromatic carboxylic acids is 1. The number of aromatic nitrogens is 4. The molecule has 0 spiro atoms. The molecule has 1 atom stereocenters. The van der Waals surface area contributed by atoms with E-state index in [1.807, 2.05) is 14.1 Å². The SMILES string of the molecule is CN(C)c1cnc(-n2cc(C(=O)O)c(=O)c3cc(Cl)c(N4CCC[C@@H]4COc4ncccc4Cl)cc32)cn1. The minimum Gasteiger partial charge on any atom is -0.477 e. The van der Waals surface area contributed by atoms with Crippen LogP contribution in [0.1, 0.15) is 23.2 Å². The zero-order valence-corrected chi connectivity index (χ0v) is 22.1. The molecule has 196 valence electrons. The van der Waals surface area contributed by atoms with E-state index in [4.69, 9.17) is 27.9 Å². The van der Waals surface area contributed by atoms with Gasteiger partial charge in [0.25, 0.3) is 0 Å². The topological polar surface area (TPSA) is 114 Å². The number of anilines is 2. The summed E-state index contributed by atoms with van der Waals surface area (Å²) >= 11 is 12.9. The number of carboxylic acid groups (broad SMARTS) is 1. The van der Waals surface area contributed by atoms with Gasteiger partial charge >= 0.3 is 5.97 Å². The lowest BCUT2D eigenvalue weighted by Gasteiger charge is -2.28. The van der Waals surface area contributed by atoms with Crippen molar-refractivity contribution in [3.8, 4) is 11.7 Å². The van der Waals surface area contributed by atoms with Crippen LogP contribution in [0.25, 0.3) is 16.7 Å². The second-order valence-electron chi connectivity index (χ2n) is 9.09. The summed E-state index contributed by atoms with van der Waals surface area (Å²) in [6.07, 6.45) is 7.78. The Morgan fingerprint density at radius 1 is 1.18 bits per heavy atom. The fraction of sp³-hybridized carbons (Fsp3) is 0.269. The van der Waals surface area contributed by atoms with Crippen LogP contribution in [-0.2, 0) is 0 Å². The van der Waals surface area contributed by atoms with Crippen molar-refractivity contribution in [2.75, 3.05) is 37.0 Å². The summed E-state index contributed by atoms with van der Waals surface area (Å²) in [6.45, 7) is 1.07. The number of pyridine rings is 2. The lowest BCUT2D eigenvalue weighted by Crippen LogP contribution is -2.34. The Kier molecular flexibility index (Phi) is 7.09. The Balaban J connectivity index is 1.59. The molecule has 1 N–H and O–H groups in total. The molecule has 10 nitrogen and oxygen atoms in total. The van der Waals surface area contributed by atoms with Gasteiger partial charge in [0.1, 0.15) is 23.0 Å². The van der Waals surface area contributed by atoms with Crippen molar-refractivity contribution >= 4 is 51.6 Å². The lowest BCUT2D eigenvalue weighted by atomic mass is 10.1. The van der Waals surface area contributed by atoms with Crippen molar-refractivity contribution in [2.45, 2.75) is 18.9 Å². The van der Waals surface area contributed by atoms with E-state index in [1.54, 1.807) is 40.1 Å². The Morgan fingerprint density at radius 3 is 2.68 bits per heavy atom. The van der Waals surface area contributed by atoms with E-state index in [2.05, 4.69) is 19.9 Å².